The highest BCUT2D eigenvalue weighted by molar-refractivity contribution is 7.16. The molecule has 0 radical (unpaired) electrons. The van der Waals surface area contributed by atoms with E-state index in [1.807, 2.05) is 16.8 Å². The van der Waals surface area contributed by atoms with Gasteiger partial charge in [0, 0.05) is 48.7 Å². The smallest absolute Gasteiger partial charge is 0.186 e. The normalized spacial score (nSPS) is 13.6. The molecule has 1 fully saturated rings. The van der Waals surface area contributed by atoms with E-state index in [0.29, 0.717) is 18.8 Å². The summed E-state index contributed by atoms with van der Waals surface area (Å²) in [5, 5.41) is 17.5. The first-order valence-corrected chi connectivity index (χ1v) is 15.4. The first-order valence-electron chi connectivity index (χ1n) is 14.6. The number of anilines is 1. The lowest BCUT2D eigenvalue weighted by Gasteiger charge is -2.26. The number of benzene rings is 2. The Bertz CT molecular complexity index is 1190. The number of amidine groups is 1. The number of hydrogen-bond acceptors (Lipinski definition) is 9. The van der Waals surface area contributed by atoms with Crippen LogP contribution in [-0.2, 0) is 11.2 Å². The van der Waals surface area contributed by atoms with E-state index in [1.54, 1.807) is 24.3 Å². The highest BCUT2D eigenvalue weighted by atomic mass is 32.1. The van der Waals surface area contributed by atoms with Crippen molar-refractivity contribution in [1.82, 2.24) is 15.4 Å². The van der Waals surface area contributed by atoms with Crippen LogP contribution in [0.2, 0.25) is 0 Å². The Hall–Kier alpha value is -3.18. The molecule has 10 heteroatoms. The lowest BCUT2D eigenvalue weighted by Crippen LogP contribution is -2.37. The fourth-order valence-corrected chi connectivity index (χ4v) is 5.90. The van der Waals surface area contributed by atoms with Gasteiger partial charge in [0.15, 0.2) is 5.13 Å². The molecule has 1 aromatic heterocycles. The quantitative estimate of drug-likeness (QED) is 0.0887. The van der Waals surface area contributed by atoms with Crippen molar-refractivity contribution >= 4 is 22.3 Å². The fraction of sp³-hybridized carbons (Fsp3) is 0.484. The van der Waals surface area contributed by atoms with Crippen LogP contribution >= 0.6 is 11.3 Å². The van der Waals surface area contributed by atoms with Crippen LogP contribution in [0.5, 0.6) is 11.5 Å². The van der Waals surface area contributed by atoms with Crippen LogP contribution < -0.4 is 19.9 Å². The molecule has 0 atom stereocenters. The van der Waals surface area contributed by atoms with Crippen molar-refractivity contribution in [2.75, 3.05) is 64.1 Å². The summed E-state index contributed by atoms with van der Waals surface area (Å²) in [6.45, 7) is 12.2. The van der Waals surface area contributed by atoms with Gasteiger partial charge in [0.25, 0.3) is 0 Å². The van der Waals surface area contributed by atoms with Crippen molar-refractivity contribution in [3.05, 3.63) is 59.0 Å². The van der Waals surface area contributed by atoms with E-state index >= 15 is 0 Å². The minimum Gasteiger partial charge on any atom is -0.494 e. The highest BCUT2D eigenvalue weighted by Crippen LogP contribution is 2.34. The van der Waals surface area contributed by atoms with Gasteiger partial charge in [0.05, 0.1) is 32.1 Å². The highest BCUT2D eigenvalue weighted by Gasteiger charge is 2.18. The summed E-state index contributed by atoms with van der Waals surface area (Å²) >= 11 is 1.82. The zero-order valence-corrected chi connectivity index (χ0v) is 25.0. The van der Waals surface area contributed by atoms with Crippen LogP contribution in [-0.4, -0.2) is 80.1 Å². The predicted octanol–water partition coefficient (Wildman–Crippen LogP) is 5.46. The van der Waals surface area contributed by atoms with Crippen molar-refractivity contribution in [3.8, 4) is 22.8 Å². The summed E-state index contributed by atoms with van der Waals surface area (Å²) in [6, 6.07) is 15.5. The molecule has 0 spiro atoms. The monoisotopic (exact) mass is 581 g/mol. The van der Waals surface area contributed by atoms with Crippen molar-refractivity contribution in [2.45, 2.75) is 39.5 Å². The Labute approximate surface area is 247 Å². The number of rotatable bonds is 16. The van der Waals surface area contributed by atoms with Gasteiger partial charge in [-0.05, 0) is 88.1 Å². The third-order valence-corrected chi connectivity index (χ3v) is 8.36. The van der Waals surface area contributed by atoms with E-state index in [1.165, 1.54) is 4.88 Å². The van der Waals surface area contributed by atoms with Crippen molar-refractivity contribution in [1.29, 1.82) is 5.41 Å². The molecule has 41 heavy (non-hydrogen) atoms. The summed E-state index contributed by atoms with van der Waals surface area (Å²) < 4.78 is 17.3. The van der Waals surface area contributed by atoms with Gasteiger partial charge < -0.3 is 19.1 Å². The Morgan fingerprint density at radius 1 is 0.976 bits per heavy atom. The van der Waals surface area contributed by atoms with Gasteiger partial charge in [-0.3, -0.25) is 21.0 Å². The molecule has 0 aliphatic carbocycles. The molecule has 2 heterocycles. The molecule has 1 saturated heterocycles. The minimum atomic E-state index is -0.0389. The summed E-state index contributed by atoms with van der Waals surface area (Å²) in [5.74, 6) is 1.59. The van der Waals surface area contributed by atoms with Gasteiger partial charge in [0.1, 0.15) is 17.3 Å². The number of hydroxylamine groups is 1. The van der Waals surface area contributed by atoms with E-state index < -0.39 is 0 Å². The van der Waals surface area contributed by atoms with Gasteiger partial charge >= 0.3 is 0 Å². The molecule has 1 aliphatic heterocycles. The lowest BCUT2D eigenvalue weighted by atomic mass is 10.1. The molecule has 3 N–H and O–H groups in total. The number of morpholine rings is 1. The summed E-state index contributed by atoms with van der Waals surface area (Å²) in [5.41, 5.74) is 4.67. The van der Waals surface area contributed by atoms with E-state index in [2.05, 4.69) is 47.9 Å². The van der Waals surface area contributed by atoms with E-state index in [9.17, 15) is 0 Å². The number of nitrogens with one attached hydrogen (secondary N) is 2. The molecule has 0 saturated carbocycles. The summed E-state index contributed by atoms with van der Waals surface area (Å²) in [4.78, 5) is 11.2. The average molecular weight is 582 g/mol. The topological polar surface area (TPSA) is 103 Å². The average Bonchev–Trinajstić information content (AvgIpc) is 3.44. The fourth-order valence-electron chi connectivity index (χ4n) is 4.70. The maximum atomic E-state index is 8.81. The Kier molecular flexibility index (Phi) is 12.2. The Morgan fingerprint density at radius 3 is 2.17 bits per heavy atom. The van der Waals surface area contributed by atoms with Gasteiger partial charge in [0.2, 0.25) is 0 Å². The molecule has 0 unspecified atom stereocenters. The van der Waals surface area contributed by atoms with E-state index in [0.717, 1.165) is 99.5 Å². The molecule has 0 bridgehead atoms. The minimum absolute atomic E-state index is 0.0389. The Balaban J connectivity index is 1.23. The number of hydrogen-bond donors (Lipinski definition) is 3. The zero-order valence-electron chi connectivity index (χ0n) is 24.2. The van der Waals surface area contributed by atoms with Crippen LogP contribution in [0.15, 0.2) is 48.5 Å². The second kappa shape index (κ2) is 16.3. The molecule has 222 valence electrons. The third-order valence-electron chi connectivity index (χ3n) is 7.19. The third kappa shape index (κ3) is 9.16. The van der Waals surface area contributed by atoms with E-state index in [4.69, 9.17) is 29.8 Å². The standard InChI is InChI=1S/C31H43N5O4S/c1-3-36(4-2)31-33-29(28(41-31)16-17-35-18-22-38-23-19-35)24-8-12-26(13-9-24)39-20-6-5-7-21-40-27-14-10-25(11-15-27)30(32)34-37/h8-15,37H,3-7,16-23H2,1-2H3,(H2,32,34). The second-order valence-electron chi connectivity index (χ2n) is 9.94. The van der Waals surface area contributed by atoms with Gasteiger partial charge in [-0.1, -0.05) is 0 Å². The molecule has 1 aliphatic rings. The zero-order chi connectivity index (χ0) is 28.9. The number of nitrogens with zero attached hydrogens (tertiary/aromatic N) is 3. The van der Waals surface area contributed by atoms with E-state index in [-0.39, 0.29) is 5.84 Å². The lowest BCUT2D eigenvalue weighted by molar-refractivity contribution is 0.0385. The first kappa shape index (κ1) is 30.8. The van der Waals surface area contributed by atoms with Crippen LogP contribution in [0, 0.1) is 5.41 Å². The Morgan fingerprint density at radius 2 is 1.59 bits per heavy atom. The molecular formula is C31H43N5O4S. The summed E-state index contributed by atoms with van der Waals surface area (Å²) in [6.07, 6.45) is 3.89. The van der Waals surface area contributed by atoms with Crippen LogP contribution in [0.3, 0.4) is 0 Å². The van der Waals surface area contributed by atoms with Crippen LogP contribution in [0.4, 0.5) is 5.13 Å². The SMILES string of the molecule is CCN(CC)c1nc(-c2ccc(OCCCCCOc3ccc(C(=N)NO)cc3)cc2)c(CCN2CCOCC2)s1. The molecule has 3 aromatic rings. The second-order valence-corrected chi connectivity index (χ2v) is 11.0. The largest absolute Gasteiger partial charge is 0.494 e. The molecule has 9 nitrogen and oxygen atoms in total. The number of aromatic nitrogens is 1. The molecule has 4 rings (SSSR count). The molecule has 2 aromatic carbocycles. The van der Waals surface area contributed by atoms with Crippen LogP contribution in [0.1, 0.15) is 43.6 Å². The van der Waals surface area contributed by atoms with Gasteiger partial charge in [-0.15, -0.1) is 11.3 Å². The number of thiazole rings is 1. The van der Waals surface area contributed by atoms with Crippen molar-refractivity contribution in [2.24, 2.45) is 0 Å². The van der Waals surface area contributed by atoms with Crippen LogP contribution in [0.25, 0.3) is 11.3 Å². The molecule has 0 amide bonds. The van der Waals surface area contributed by atoms with Crippen molar-refractivity contribution < 1.29 is 19.4 Å². The maximum Gasteiger partial charge on any atom is 0.186 e. The van der Waals surface area contributed by atoms with Gasteiger partial charge in [-0.2, -0.15) is 0 Å². The first-order chi connectivity index (χ1) is 20.1. The predicted molar refractivity (Wildman–Crippen MR) is 165 cm³/mol. The van der Waals surface area contributed by atoms with Gasteiger partial charge in [-0.25, -0.2) is 4.98 Å². The molecular weight excluding hydrogens is 538 g/mol. The maximum absolute atomic E-state index is 8.81. The number of ether oxygens (including phenoxy) is 3. The summed E-state index contributed by atoms with van der Waals surface area (Å²) in [7, 11) is 0. The van der Waals surface area contributed by atoms with Crippen molar-refractivity contribution in [3.63, 3.8) is 0 Å². The number of unbranched alkanes of at least 4 members (excludes halogenated alkanes) is 2.